The second kappa shape index (κ2) is 8.16. The van der Waals surface area contributed by atoms with E-state index in [-0.39, 0.29) is 6.04 Å². The molecule has 0 amide bonds. The van der Waals surface area contributed by atoms with Crippen molar-refractivity contribution in [3.8, 4) is 11.3 Å². The number of hydrogen-bond acceptors (Lipinski definition) is 6. The highest BCUT2D eigenvalue weighted by atomic mass is 16.5. The smallest absolute Gasteiger partial charge is 0.146 e. The van der Waals surface area contributed by atoms with Crippen LogP contribution in [0, 0.1) is 5.41 Å². The van der Waals surface area contributed by atoms with E-state index in [0.29, 0.717) is 18.4 Å². The molecular formula is C25H28N6O. The second-order valence-electron chi connectivity index (χ2n) is 8.81. The lowest BCUT2D eigenvalue weighted by atomic mass is 10.0. The first-order valence-corrected chi connectivity index (χ1v) is 11.5. The van der Waals surface area contributed by atoms with Crippen LogP contribution >= 0.6 is 0 Å². The lowest BCUT2D eigenvalue weighted by Gasteiger charge is -2.33. The summed E-state index contributed by atoms with van der Waals surface area (Å²) in [6.45, 7) is 2.34. The molecule has 6 rings (SSSR count). The molecule has 7 nitrogen and oxygen atoms in total. The Morgan fingerprint density at radius 2 is 1.84 bits per heavy atom. The molecule has 1 fully saturated rings. The zero-order valence-corrected chi connectivity index (χ0v) is 18.0. The summed E-state index contributed by atoms with van der Waals surface area (Å²) in [5.74, 6) is 1.53. The third kappa shape index (κ3) is 3.43. The van der Waals surface area contributed by atoms with E-state index in [1.165, 1.54) is 5.70 Å². The summed E-state index contributed by atoms with van der Waals surface area (Å²) in [5.41, 5.74) is 9.97. The van der Waals surface area contributed by atoms with Crippen LogP contribution in [0.25, 0.3) is 16.8 Å². The Kier molecular flexibility index (Phi) is 5.02. The van der Waals surface area contributed by atoms with E-state index in [1.54, 1.807) is 0 Å². The zero-order chi connectivity index (χ0) is 21.5. The highest BCUT2D eigenvalue weighted by Crippen LogP contribution is 2.36. The predicted octanol–water partition coefficient (Wildman–Crippen LogP) is 3.00. The molecule has 1 unspecified atom stereocenters. The van der Waals surface area contributed by atoms with Crippen LogP contribution < -0.4 is 16.1 Å². The Morgan fingerprint density at radius 3 is 2.62 bits per heavy atom. The van der Waals surface area contributed by atoms with Crippen molar-refractivity contribution in [3.63, 3.8) is 0 Å². The minimum atomic E-state index is 0.267. The van der Waals surface area contributed by atoms with Gasteiger partial charge in [0.05, 0.1) is 5.69 Å². The first-order valence-electron chi connectivity index (χ1n) is 11.5. The Hall–Kier alpha value is -3.00. The Bertz CT molecular complexity index is 1090. The van der Waals surface area contributed by atoms with Crippen molar-refractivity contribution in [3.05, 3.63) is 71.3 Å². The van der Waals surface area contributed by atoms with Gasteiger partial charge in [-0.2, -0.15) is 0 Å². The molecule has 4 heterocycles. The number of hydrazine groups is 1. The normalized spacial score (nSPS) is 23.4. The molecule has 4 aliphatic rings. The molecule has 1 aromatic carbocycles. The molecule has 0 radical (unpaired) electrons. The van der Waals surface area contributed by atoms with Gasteiger partial charge in [-0.05, 0) is 31.7 Å². The fourth-order valence-corrected chi connectivity index (χ4v) is 5.13. The van der Waals surface area contributed by atoms with Crippen molar-refractivity contribution in [2.75, 3.05) is 19.8 Å². The summed E-state index contributed by atoms with van der Waals surface area (Å²) in [7, 11) is 0. The third-order valence-electron chi connectivity index (χ3n) is 6.88. The fraction of sp³-hybridized carbons (Fsp3) is 0.360. The summed E-state index contributed by atoms with van der Waals surface area (Å²) >= 11 is 0. The van der Waals surface area contributed by atoms with Crippen molar-refractivity contribution in [2.24, 2.45) is 0 Å². The first-order chi connectivity index (χ1) is 15.8. The molecular weight excluding hydrogens is 400 g/mol. The maximum atomic E-state index is 8.82. The van der Waals surface area contributed by atoms with Crippen molar-refractivity contribution in [1.82, 2.24) is 26.1 Å². The van der Waals surface area contributed by atoms with Gasteiger partial charge in [0.2, 0.25) is 0 Å². The van der Waals surface area contributed by atoms with Gasteiger partial charge in [-0.1, -0.05) is 36.4 Å². The molecule has 1 saturated heterocycles. The van der Waals surface area contributed by atoms with Crippen LogP contribution in [0.3, 0.4) is 0 Å². The maximum absolute atomic E-state index is 8.82. The van der Waals surface area contributed by atoms with Crippen LogP contribution in [-0.2, 0) is 4.74 Å². The molecule has 164 valence electrons. The van der Waals surface area contributed by atoms with E-state index in [9.17, 15) is 0 Å². The molecule has 1 aliphatic carbocycles. The average molecular weight is 429 g/mol. The van der Waals surface area contributed by atoms with Crippen LogP contribution in [0.15, 0.2) is 65.8 Å². The number of rotatable bonds is 4. The van der Waals surface area contributed by atoms with E-state index in [1.807, 2.05) is 29.4 Å². The number of fused-ring (bicyclic) bond motifs is 1. The summed E-state index contributed by atoms with van der Waals surface area (Å²) in [6, 6.07) is 15.2. The van der Waals surface area contributed by atoms with Gasteiger partial charge in [-0.25, -0.2) is 10.4 Å². The lowest BCUT2D eigenvalue weighted by Crippen LogP contribution is -2.49. The number of benzene rings is 1. The van der Waals surface area contributed by atoms with Crippen LogP contribution in [-0.4, -0.2) is 47.7 Å². The molecule has 1 aromatic heterocycles. The minimum absolute atomic E-state index is 0.267. The van der Waals surface area contributed by atoms with Crippen molar-refractivity contribution in [1.29, 1.82) is 5.41 Å². The number of pyridine rings is 1. The van der Waals surface area contributed by atoms with Crippen LogP contribution in [0.2, 0.25) is 0 Å². The Morgan fingerprint density at radius 1 is 1.00 bits per heavy atom. The topological polar surface area (TPSA) is 85.3 Å². The summed E-state index contributed by atoms with van der Waals surface area (Å²) in [4.78, 5) is 4.71. The predicted molar refractivity (Wildman–Crippen MR) is 124 cm³/mol. The van der Waals surface area contributed by atoms with E-state index in [0.717, 1.165) is 72.7 Å². The van der Waals surface area contributed by atoms with Gasteiger partial charge >= 0.3 is 0 Å². The SMILES string of the molecule is N=C1C2=C(NC3=C(c4ccc(-c5ccccc5)nc4)CNN13)C(NC1CCOCC1)CC2. The molecule has 7 heteroatoms. The zero-order valence-electron chi connectivity index (χ0n) is 18.0. The van der Waals surface area contributed by atoms with Gasteiger partial charge in [0.1, 0.15) is 11.7 Å². The van der Waals surface area contributed by atoms with Gasteiger partial charge in [-0.15, -0.1) is 0 Å². The number of amidine groups is 1. The second-order valence-corrected chi connectivity index (χ2v) is 8.81. The number of nitrogens with one attached hydrogen (secondary N) is 4. The number of ether oxygens (including phenoxy) is 1. The fourth-order valence-electron chi connectivity index (χ4n) is 5.13. The average Bonchev–Trinajstić information content (AvgIpc) is 3.46. The molecule has 32 heavy (non-hydrogen) atoms. The molecule has 1 atom stereocenters. The maximum Gasteiger partial charge on any atom is 0.146 e. The highest BCUT2D eigenvalue weighted by Gasteiger charge is 2.40. The van der Waals surface area contributed by atoms with Gasteiger partial charge in [-0.3, -0.25) is 10.4 Å². The van der Waals surface area contributed by atoms with Crippen LogP contribution in [0.1, 0.15) is 31.2 Å². The van der Waals surface area contributed by atoms with Gasteiger partial charge in [0.15, 0.2) is 0 Å². The van der Waals surface area contributed by atoms with Crippen LogP contribution in [0.4, 0.5) is 0 Å². The number of nitrogens with zero attached hydrogens (tertiary/aromatic N) is 2. The number of aromatic nitrogens is 1. The molecule has 4 N–H and O–H groups in total. The quantitative estimate of drug-likeness (QED) is 0.599. The minimum Gasteiger partial charge on any atom is -0.381 e. The van der Waals surface area contributed by atoms with Gasteiger partial charge < -0.3 is 15.4 Å². The lowest BCUT2D eigenvalue weighted by molar-refractivity contribution is 0.0758. The van der Waals surface area contributed by atoms with Crippen LogP contribution in [0.5, 0.6) is 0 Å². The van der Waals surface area contributed by atoms with E-state index < -0.39 is 0 Å². The summed E-state index contributed by atoms with van der Waals surface area (Å²) in [6.07, 6.45) is 6.00. The van der Waals surface area contributed by atoms with Gasteiger partial charge in [0, 0.05) is 66.0 Å². The highest BCUT2D eigenvalue weighted by molar-refractivity contribution is 6.01. The summed E-state index contributed by atoms with van der Waals surface area (Å²) in [5, 5.41) is 18.2. The standard InChI is InChI=1S/C25H28N6O/c26-24-19-7-9-22(29-18-10-12-32-13-11-18)23(19)30-25-20(15-28-31(24)25)17-6-8-21(27-14-17)16-4-2-1-3-5-16/h1-6,8,14,18,22,26,28-30H,7,9-13,15H2. The number of hydrogen-bond donors (Lipinski definition) is 4. The Labute approximate surface area is 188 Å². The third-order valence-corrected chi connectivity index (χ3v) is 6.88. The Balaban J connectivity index is 1.27. The summed E-state index contributed by atoms with van der Waals surface area (Å²) < 4.78 is 5.51. The largest absolute Gasteiger partial charge is 0.381 e. The molecule has 0 bridgehead atoms. The van der Waals surface area contributed by atoms with E-state index in [4.69, 9.17) is 15.1 Å². The molecule has 2 aromatic rings. The van der Waals surface area contributed by atoms with E-state index in [2.05, 4.69) is 40.3 Å². The van der Waals surface area contributed by atoms with Crippen molar-refractivity contribution >= 4 is 11.4 Å². The van der Waals surface area contributed by atoms with Crippen molar-refractivity contribution in [2.45, 2.75) is 37.8 Å². The van der Waals surface area contributed by atoms with Crippen molar-refractivity contribution < 1.29 is 4.74 Å². The molecule has 3 aliphatic heterocycles. The monoisotopic (exact) mass is 428 g/mol. The van der Waals surface area contributed by atoms with E-state index >= 15 is 0 Å². The first kappa shape index (κ1) is 19.7. The molecule has 0 spiro atoms. The van der Waals surface area contributed by atoms with Gasteiger partial charge in [0.25, 0.3) is 0 Å². The molecule has 0 saturated carbocycles.